The van der Waals surface area contributed by atoms with Crippen molar-refractivity contribution in [3.05, 3.63) is 51.1 Å². The Morgan fingerprint density at radius 3 is 2.57 bits per heavy atom. The van der Waals surface area contributed by atoms with Gasteiger partial charge in [-0.05, 0) is 36.6 Å². The lowest BCUT2D eigenvalue weighted by atomic mass is 9.88. The van der Waals surface area contributed by atoms with Gasteiger partial charge in [-0.2, -0.15) is 13.1 Å². The van der Waals surface area contributed by atoms with E-state index in [-0.39, 0.29) is 11.5 Å². The molecule has 0 saturated heterocycles. The summed E-state index contributed by atoms with van der Waals surface area (Å²) >= 11 is 0. The fourth-order valence-electron chi connectivity index (χ4n) is 2.45. The van der Waals surface area contributed by atoms with E-state index in [1.165, 1.54) is 6.07 Å². The topological polar surface area (TPSA) is 131 Å². The Bertz CT molecular complexity index is 874. The SMILES string of the molecule is Cc1ccc(F)c([C@H](C)[C@H](NS(N)(=O)=O)c2n[nH]c(=O)o2)c1C. The zero-order valence-electron chi connectivity index (χ0n) is 12.8. The van der Waals surface area contributed by atoms with Gasteiger partial charge in [0, 0.05) is 5.92 Å². The fraction of sp³-hybridized carbons (Fsp3) is 0.385. The van der Waals surface area contributed by atoms with E-state index in [0.29, 0.717) is 5.56 Å². The monoisotopic (exact) mass is 344 g/mol. The number of nitrogens with zero attached hydrogens (tertiary/aromatic N) is 1. The van der Waals surface area contributed by atoms with Gasteiger partial charge in [0.1, 0.15) is 11.9 Å². The predicted molar refractivity (Wildman–Crippen MR) is 80.4 cm³/mol. The number of rotatable bonds is 5. The molecule has 0 bridgehead atoms. The molecule has 0 fully saturated rings. The number of halogens is 1. The molecule has 0 aliphatic carbocycles. The molecule has 10 heteroatoms. The van der Waals surface area contributed by atoms with Gasteiger partial charge >= 0.3 is 5.76 Å². The van der Waals surface area contributed by atoms with Crippen molar-refractivity contribution < 1.29 is 17.2 Å². The largest absolute Gasteiger partial charge is 0.434 e. The van der Waals surface area contributed by atoms with Gasteiger partial charge in [0.15, 0.2) is 0 Å². The quantitative estimate of drug-likeness (QED) is 0.737. The van der Waals surface area contributed by atoms with Crippen molar-refractivity contribution in [3.63, 3.8) is 0 Å². The molecule has 0 spiro atoms. The number of nitrogens with two attached hydrogens (primary N) is 1. The lowest BCUT2D eigenvalue weighted by molar-refractivity contribution is 0.377. The summed E-state index contributed by atoms with van der Waals surface area (Å²) in [5.74, 6) is -2.30. The summed E-state index contributed by atoms with van der Waals surface area (Å²) < 4.78 is 44.0. The molecule has 2 rings (SSSR count). The number of hydrogen-bond donors (Lipinski definition) is 3. The van der Waals surface area contributed by atoms with E-state index >= 15 is 0 Å². The number of aromatic nitrogens is 2. The van der Waals surface area contributed by atoms with Crippen molar-refractivity contribution in [2.45, 2.75) is 32.7 Å². The maximum Gasteiger partial charge on any atom is 0.434 e. The first-order valence-corrected chi connectivity index (χ1v) is 8.26. The third-order valence-corrected chi connectivity index (χ3v) is 4.28. The van der Waals surface area contributed by atoms with Crippen molar-refractivity contribution in [2.24, 2.45) is 5.14 Å². The Morgan fingerprint density at radius 2 is 2.04 bits per heavy atom. The van der Waals surface area contributed by atoms with Crippen LogP contribution in [0.5, 0.6) is 0 Å². The minimum Gasteiger partial charge on any atom is -0.391 e. The Labute approximate surface area is 132 Å². The lowest BCUT2D eigenvalue weighted by Crippen LogP contribution is -2.37. The van der Waals surface area contributed by atoms with Crippen LogP contribution in [0.4, 0.5) is 4.39 Å². The van der Waals surface area contributed by atoms with E-state index in [4.69, 9.17) is 9.56 Å². The number of aryl methyl sites for hydroxylation is 1. The normalized spacial score (nSPS) is 14.7. The van der Waals surface area contributed by atoms with E-state index in [2.05, 4.69) is 9.82 Å². The van der Waals surface area contributed by atoms with Crippen LogP contribution in [-0.2, 0) is 10.2 Å². The van der Waals surface area contributed by atoms with Crippen molar-refractivity contribution in [2.75, 3.05) is 0 Å². The highest BCUT2D eigenvalue weighted by Gasteiger charge is 2.31. The maximum absolute atomic E-state index is 14.3. The predicted octanol–water partition coefficient (Wildman–Crippen LogP) is 0.757. The highest BCUT2D eigenvalue weighted by Crippen LogP contribution is 2.34. The van der Waals surface area contributed by atoms with Crippen LogP contribution in [0.2, 0.25) is 0 Å². The van der Waals surface area contributed by atoms with Crippen LogP contribution < -0.4 is 15.6 Å². The van der Waals surface area contributed by atoms with Crippen LogP contribution in [-0.4, -0.2) is 18.6 Å². The molecule has 23 heavy (non-hydrogen) atoms. The minimum absolute atomic E-state index is 0.225. The molecule has 0 amide bonds. The van der Waals surface area contributed by atoms with Crippen LogP contribution in [0.3, 0.4) is 0 Å². The lowest BCUT2D eigenvalue weighted by Gasteiger charge is -2.24. The second kappa shape index (κ2) is 6.22. The van der Waals surface area contributed by atoms with Gasteiger partial charge < -0.3 is 4.42 Å². The second-order valence-electron chi connectivity index (χ2n) is 5.28. The van der Waals surface area contributed by atoms with Crippen molar-refractivity contribution in [1.29, 1.82) is 0 Å². The third kappa shape index (κ3) is 3.84. The van der Waals surface area contributed by atoms with Gasteiger partial charge in [0.05, 0.1) is 0 Å². The number of hydrogen-bond acceptors (Lipinski definition) is 5. The summed E-state index contributed by atoms with van der Waals surface area (Å²) in [5.41, 5.74) is 1.79. The Hall–Kier alpha value is -2.04. The molecule has 1 aromatic heterocycles. The summed E-state index contributed by atoms with van der Waals surface area (Å²) in [7, 11) is -4.14. The average molecular weight is 344 g/mol. The van der Waals surface area contributed by atoms with Crippen LogP contribution >= 0.6 is 0 Å². The van der Waals surface area contributed by atoms with Gasteiger partial charge in [0.25, 0.3) is 10.2 Å². The molecule has 0 aliphatic heterocycles. The number of H-pyrrole nitrogens is 1. The number of aromatic amines is 1. The first-order valence-electron chi connectivity index (χ1n) is 6.71. The molecule has 0 unspecified atom stereocenters. The van der Waals surface area contributed by atoms with E-state index in [9.17, 15) is 17.6 Å². The summed E-state index contributed by atoms with van der Waals surface area (Å²) in [5, 5.41) is 10.7. The molecule has 8 nitrogen and oxygen atoms in total. The van der Waals surface area contributed by atoms with Crippen molar-refractivity contribution in [1.82, 2.24) is 14.9 Å². The summed E-state index contributed by atoms with van der Waals surface area (Å²) in [6, 6.07) is 1.78. The summed E-state index contributed by atoms with van der Waals surface area (Å²) in [6.45, 7) is 5.11. The summed E-state index contributed by atoms with van der Waals surface area (Å²) in [6.07, 6.45) is 0. The molecule has 126 valence electrons. The molecule has 2 atom stereocenters. The standard InChI is InChI=1S/C13H17FN4O4S/c1-6-4-5-9(14)10(7(6)2)8(3)11(18-23(15,20)21)12-16-17-13(19)22-12/h4-5,8,11,18H,1-3H3,(H,17,19)(H2,15,20,21)/t8-,11-/m0/s1. The highest BCUT2D eigenvalue weighted by atomic mass is 32.2. The van der Waals surface area contributed by atoms with E-state index < -0.39 is 33.7 Å². The second-order valence-corrected chi connectivity index (χ2v) is 6.61. The van der Waals surface area contributed by atoms with Gasteiger partial charge in [-0.15, -0.1) is 5.10 Å². The molecule has 1 heterocycles. The van der Waals surface area contributed by atoms with Crippen LogP contribution in [0, 0.1) is 19.7 Å². The number of benzene rings is 1. The molecule has 4 N–H and O–H groups in total. The van der Waals surface area contributed by atoms with Crippen molar-refractivity contribution >= 4 is 10.2 Å². The molecular weight excluding hydrogens is 327 g/mol. The van der Waals surface area contributed by atoms with Crippen molar-refractivity contribution in [3.8, 4) is 0 Å². The van der Waals surface area contributed by atoms with Gasteiger partial charge in [-0.1, -0.05) is 13.0 Å². The molecule has 0 saturated carbocycles. The third-order valence-electron chi connectivity index (χ3n) is 3.70. The van der Waals surface area contributed by atoms with Crippen LogP contribution in [0.15, 0.2) is 21.3 Å². The molecule has 1 aromatic carbocycles. The van der Waals surface area contributed by atoms with Crippen LogP contribution in [0.25, 0.3) is 0 Å². The highest BCUT2D eigenvalue weighted by molar-refractivity contribution is 7.87. The van der Waals surface area contributed by atoms with E-state index in [1.54, 1.807) is 19.9 Å². The first-order chi connectivity index (χ1) is 10.6. The van der Waals surface area contributed by atoms with E-state index in [0.717, 1.165) is 5.56 Å². The average Bonchev–Trinajstić information content (AvgIpc) is 2.86. The molecular formula is C13H17FN4O4S. The zero-order chi connectivity index (χ0) is 17.4. The molecule has 2 aromatic rings. The zero-order valence-corrected chi connectivity index (χ0v) is 13.6. The van der Waals surface area contributed by atoms with Gasteiger partial charge in [0.2, 0.25) is 5.89 Å². The Kier molecular flexibility index (Phi) is 4.68. The Morgan fingerprint density at radius 1 is 1.39 bits per heavy atom. The minimum atomic E-state index is -4.14. The Balaban J connectivity index is 2.55. The maximum atomic E-state index is 14.3. The first kappa shape index (κ1) is 17.3. The van der Waals surface area contributed by atoms with Gasteiger partial charge in [-0.3, -0.25) is 0 Å². The summed E-state index contributed by atoms with van der Waals surface area (Å²) in [4.78, 5) is 11.1. The molecule has 0 aliphatic rings. The van der Waals surface area contributed by atoms with Gasteiger partial charge in [-0.25, -0.2) is 19.4 Å². The fourth-order valence-corrected chi connectivity index (χ4v) is 3.11. The van der Waals surface area contributed by atoms with E-state index in [1.807, 2.05) is 12.0 Å². The number of nitrogens with one attached hydrogen (secondary N) is 2. The smallest absolute Gasteiger partial charge is 0.391 e. The molecule has 0 radical (unpaired) electrons. The van der Waals surface area contributed by atoms with Crippen LogP contribution in [0.1, 0.15) is 41.5 Å².